The van der Waals surface area contributed by atoms with Crippen LogP contribution in [0.1, 0.15) is 12.1 Å². The summed E-state index contributed by atoms with van der Waals surface area (Å²) < 4.78 is 24.0. The third-order valence-corrected chi connectivity index (χ3v) is 2.06. The third-order valence-electron chi connectivity index (χ3n) is 2.06. The van der Waals surface area contributed by atoms with Crippen molar-refractivity contribution in [1.29, 1.82) is 0 Å². The van der Waals surface area contributed by atoms with Gasteiger partial charge in [-0.2, -0.15) is 0 Å². The van der Waals surface area contributed by atoms with Gasteiger partial charge in [-0.3, -0.25) is 4.98 Å². The van der Waals surface area contributed by atoms with Gasteiger partial charge >= 0.3 is 0 Å². The predicted molar refractivity (Wildman–Crippen MR) is 51.9 cm³/mol. The number of nitrogens with one attached hydrogen (secondary N) is 1. The lowest BCUT2D eigenvalue weighted by atomic mass is 10.1. The van der Waals surface area contributed by atoms with Gasteiger partial charge in [0, 0.05) is 17.4 Å². The van der Waals surface area contributed by atoms with Gasteiger partial charge in [0.05, 0.1) is 5.69 Å². The second-order valence-electron chi connectivity index (χ2n) is 3.10. The van der Waals surface area contributed by atoms with Crippen molar-refractivity contribution in [2.24, 2.45) is 0 Å². The number of pyridine rings is 1. The minimum atomic E-state index is -2.60. The molecule has 0 bridgehead atoms. The molecule has 1 aliphatic heterocycles. The molecular weight excluding hydrogens is 232 g/mol. The maximum atomic E-state index is 8.52. The van der Waals surface area contributed by atoms with E-state index in [0.717, 1.165) is 25.2 Å². The first-order chi connectivity index (χ1) is 7.70. The SMILES string of the molecule is C1=C(c2ccccn2)CCNC1.[O-][Cl+2]([O-])O. The molecule has 2 heterocycles. The Hall–Kier alpha value is -0.980. The van der Waals surface area contributed by atoms with Crippen LogP contribution < -0.4 is 14.6 Å². The number of rotatable bonds is 1. The zero-order chi connectivity index (χ0) is 11.8. The highest BCUT2D eigenvalue weighted by Gasteiger charge is 2.04. The van der Waals surface area contributed by atoms with Crippen molar-refractivity contribution in [3.05, 3.63) is 36.2 Å². The summed E-state index contributed by atoms with van der Waals surface area (Å²) >= 11 is 0. The quantitative estimate of drug-likeness (QED) is 0.629. The maximum absolute atomic E-state index is 8.52. The molecule has 0 saturated heterocycles. The summed E-state index contributed by atoms with van der Waals surface area (Å²) in [4.78, 5) is 4.31. The highest BCUT2D eigenvalue weighted by Crippen LogP contribution is 2.16. The minimum Gasteiger partial charge on any atom is -0.321 e. The highest BCUT2D eigenvalue weighted by molar-refractivity contribution is 5.63. The Bertz CT molecular complexity index is 327. The van der Waals surface area contributed by atoms with Gasteiger partial charge in [0.15, 0.2) is 0 Å². The number of hydrogen-bond acceptors (Lipinski definition) is 5. The molecule has 1 aromatic rings. The van der Waals surface area contributed by atoms with Crippen LogP contribution in [0.3, 0.4) is 0 Å². The first kappa shape index (κ1) is 13.1. The van der Waals surface area contributed by atoms with Crippen molar-refractivity contribution in [3.63, 3.8) is 0 Å². The van der Waals surface area contributed by atoms with Gasteiger partial charge in [-0.15, -0.1) is 0 Å². The van der Waals surface area contributed by atoms with E-state index >= 15 is 0 Å². The van der Waals surface area contributed by atoms with Crippen LogP contribution in [-0.4, -0.2) is 22.7 Å². The molecule has 0 fully saturated rings. The zero-order valence-corrected chi connectivity index (χ0v) is 9.35. The fourth-order valence-corrected chi connectivity index (χ4v) is 1.41. The summed E-state index contributed by atoms with van der Waals surface area (Å²) in [6.07, 6.45) is 5.15. The van der Waals surface area contributed by atoms with E-state index in [1.165, 1.54) is 5.57 Å². The molecule has 0 unspecified atom stereocenters. The molecule has 1 aromatic heterocycles. The summed E-state index contributed by atoms with van der Waals surface area (Å²) in [5.41, 5.74) is 2.49. The molecule has 2 N–H and O–H groups in total. The third kappa shape index (κ3) is 5.20. The van der Waals surface area contributed by atoms with Gasteiger partial charge in [0.25, 0.3) is 10.8 Å². The van der Waals surface area contributed by atoms with E-state index in [9.17, 15) is 0 Å². The van der Waals surface area contributed by atoms with E-state index in [0.29, 0.717) is 0 Å². The highest BCUT2D eigenvalue weighted by atomic mass is 35.6. The average molecular weight is 245 g/mol. The van der Waals surface area contributed by atoms with Crippen LogP contribution in [0.5, 0.6) is 0 Å². The van der Waals surface area contributed by atoms with Gasteiger partial charge in [0.1, 0.15) is 0 Å². The normalized spacial score (nSPS) is 15.1. The van der Waals surface area contributed by atoms with Crippen molar-refractivity contribution in [3.8, 4) is 0 Å². The van der Waals surface area contributed by atoms with Gasteiger partial charge in [0.2, 0.25) is 0 Å². The average Bonchev–Trinajstić information content (AvgIpc) is 2.31. The molecule has 0 radical (unpaired) electrons. The molecule has 2 rings (SSSR count). The summed E-state index contributed by atoms with van der Waals surface area (Å²) in [6.45, 7) is 2.05. The van der Waals surface area contributed by atoms with Gasteiger partial charge in [-0.25, -0.2) is 0 Å². The molecule has 0 spiro atoms. The maximum Gasteiger partial charge on any atom is 0.282 e. The summed E-state index contributed by atoms with van der Waals surface area (Å²) in [7, 11) is -2.60. The Labute approximate surface area is 96.9 Å². The van der Waals surface area contributed by atoms with Crippen LogP contribution >= 0.6 is 0 Å². The van der Waals surface area contributed by atoms with Gasteiger partial charge < -0.3 is 14.6 Å². The van der Waals surface area contributed by atoms with Crippen LogP contribution in [-0.2, 0) is 0 Å². The standard InChI is InChI=1S/C10H12N2.ClHO3/c1-2-6-12-10(3-1)9-4-7-11-8-5-9;2-1(3)4/h1-4,6,11H,5,7-8H2;2H. The number of hydrogen-bond donors (Lipinski definition) is 2. The predicted octanol–water partition coefficient (Wildman–Crippen LogP) is -1.48. The van der Waals surface area contributed by atoms with Crippen molar-refractivity contribution in [2.75, 3.05) is 13.1 Å². The van der Waals surface area contributed by atoms with Crippen molar-refractivity contribution in [2.45, 2.75) is 6.42 Å². The van der Waals surface area contributed by atoms with Crippen LogP contribution in [0.15, 0.2) is 30.5 Å². The van der Waals surface area contributed by atoms with Crippen LogP contribution in [0, 0.1) is 10.8 Å². The van der Waals surface area contributed by atoms with Gasteiger partial charge in [-0.05, 0) is 30.7 Å². The van der Waals surface area contributed by atoms with E-state index in [1.54, 1.807) is 0 Å². The van der Waals surface area contributed by atoms with Crippen molar-refractivity contribution >= 4 is 5.57 Å². The molecule has 5 nitrogen and oxygen atoms in total. The Morgan fingerprint density at radius 1 is 1.38 bits per heavy atom. The molecule has 0 atom stereocenters. The Kier molecular flexibility index (Phi) is 5.99. The second-order valence-corrected chi connectivity index (χ2v) is 3.50. The van der Waals surface area contributed by atoms with Crippen molar-refractivity contribution in [1.82, 2.24) is 10.3 Å². The molecule has 0 amide bonds. The van der Waals surface area contributed by atoms with E-state index < -0.39 is 10.8 Å². The van der Waals surface area contributed by atoms with Gasteiger partial charge in [-0.1, -0.05) is 12.1 Å². The smallest absolute Gasteiger partial charge is 0.282 e. The molecule has 0 aliphatic carbocycles. The lowest BCUT2D eigenvalue weighted by molar-refractivity contribution is -1.63. The largest absolute Gasteiger partial charge is 0.321 e. The van der Waals surface area contributed by atoms with Crippen LogP contribution in [0.2, 0.25) is 0 Å². The Balaban J connectivity index is 0.000000280. The fraction of sp³-hybridized carbons (Fsp3) is 0.300. The van der Waals surface area contributed by atoms with Crippen LogP contribution in [0.25, 0.3) is 5.57 Å². The minimum absolute atomic E-state index is 0.978. The molecule has 0 saturated carbocycles. The monoisotopic (exact) mass is 244 g/mol. The molecule has 6 heteroatoms. The molecule has 16 heavy (non-hydrogen) atoms. The van der Waals surface area contributed by atoms with Crippen molar-refractivity contribution < 1.29 is 24.8 Å². The van der Waals surface area contributed by atoms with Crippen LogP contribution in [0.4, 0.5) is 0 Å². The Morgan fingerprint density at radius 3 is 2.62 bits per heavy atom. The molecular formula is C10H13ClN2O3. The number of halogens is 1. The van der Waals surface area contributed by atoms with E-state index in [1.807, 2.05) is 18.3 Å². The molecule has 88 valence electrons. The number of aromatic nitrogens is 1. The lowest BCUT2D eigenvalue weighted by Crippen LogP contribution is -2.30. The molecule has 1 aliphatic rings. The first-order valence-electron chi connectivity index (χ1n) is 4.76. The summed E-state index contributed by atoms with van der Waals surface area (Å²) in [6, 6.07) is 6.05. The van der Waals surface area contributed by atoms with E-state index in [-0.39, 0.29) is 0 Å². The first-order valence-corrected chi connectivity index (χ1v) is 5.71. The topological polar surface area (TPSA) is 91.3 Å². The van der Waals surface area contributed by atoms with E-state index in [4.69, 9.17) is 14.0 Å². The zero-order valence-electron chi connectivity index (χ0n) is 8.60. The summed E-state index contributed by atoms with van der Waals surface area (Å²) in [5.74, 6) is 0. The Morgan fingerprint density at radius 2 is 2.12 bits per heavy atom. The lowest BCUT2D eigenvalue weighted by Gasteiger charge is -2.12. The summed E-state index contributed by atoms with van der Waals surface area (Å²) in [5, 5.41) is 3.28. The number of nitrogens with zero attached hydrogens (tertiary/aromatic N) is 1. The molecule has 0 aromatic carbocycles. The fourth-order valence-electron chi connectivity index (χ4n) is 1.41. The second kappa shape index (κ2) is 7.32. The van der Waals surface area contributed by atoms with E-state index in [2.05, 4.69) is 22.4 Å².